The van der Waals surface area contributed by atoms with Gasteiger partial charge < -0.3 is 4.90 Å². The van der Waals surface area contributed by atoms with Crippen LogP contribution in [0.2, 0.25) is 0 Å². The van der Waals surface area contributed by atoms with E-state index in [9.17, 15) is 4.79 Å². The molecule has 24 heavy (non-hydrogen) atoms. The Morgan fingerprint density at radius 1 is 1.17 bits per heavy atom. The van der Waals surface area contributed by atoms with Crippen LogP contribution in [0.4, 0.5) is 11.4 Å². The molecular formula is C19H22N4O. The number of para-hydroxylation sites is 2. The van der Waals surface area contributed by atoms with Crippen LogP contribution in [0.25, 0.3) is 0 Å². The van der Waals surface area contributed by atoms with Crippen molar-refractivity contribution in [2.24, 2.45) is 4.99 Å². The number of nitrogens with zero attached hydrogens (tertiary/aromatic N) is 2. The summed E-state index contributed by atoms with van der Waals surface area (Å²) in [5.74, 6) is 0.629. The lowest BCUT2D eigenvalue weighted by molar-refractivity contribution is -0.119. The first-order valence-corrected chi connectivity index (χ1v) is 8.13. The van der Waals surface area contributed by atoms with E-state index in [0.29, 0.717) is 0 Å². The van der Waals surface area contributed by atoms with Crippen LogP contribution in [0.15, 0.2) is 59.6 Å². The van der Waals surface area contributed by atoms with E-state index in [2.05, 4.69) is 53.0 Å². The number of anilines is 1. The fourth-order valence-electron chi connectivity index (χ4n) is 2.88. The zero-order chi connectivity index (χ0) is 16.9. The third-order valence-electron chi connectivity index (χ3n) is 4.05. The smallest absolute Gasteiger partial charge is 0.235 e. The highest BCUT2D eigenvalue weighted by Gasteiger charge is 2.23. The maximum absolute atomic E-state index is 11.2. The molecule has 1 atom stereocenters. The highest BCUT2D eigenvalue weighted by molar-refractivity contribution is 5.90. The number of nitrogens with one attached hydrogen (secondary N) is 2. The van der Waals surface area contributed by atoms with E-state index in [1.54, 1.807) is 0 Å². The maximum atomic E-state index is 11.2. The zero-order valence-electron chi connectivity index (χ0n) is 14.0. The third-order valence-corrected chi connectivity index (χ3v) is 4.05. The summed E-state index contributed by atoms with van der Waals surface area (Å²) < 4.78 is 0. The second kappa shape index (κ2) is 7.17. The zero-order valence-corrected chi connectivity index (χ0v) is 14.0. The van der Waals surface area contributed by atoms with E-state index in [4.69, 9.17) is 4.99 Å². The second-order valence-electron chi connectivity index (χ2n) is 6.02. The van der Waals surface area contributed by atoms with E-state index in [1.165, 1.54) is 12.5 Å². The Balaban J connectivity index is 1.90. The summed E-state index contributed by atoms with van der Waals surface area (Å²) in [6.07, 6.45) is 0.724. The second-order valence-corrected chi connectivity index (χ2v) is 6.02. The molecule has 5 heteroatoms. The number of amidine groups is 1. The van der Waals surface area contributed by atoms with E-state index in [-0.39, 0.29) is 11.9 Å². The van der Waals surface area contributed by atoms with Crippen molar-refractivity contribution < 1.29 is 4.79 Å². The molecule has 1 aliphatic rings. The number of fused-ring (bicyclic) bond motifs is 1. The molecule has 124 valence electrons. The molecule has 2 aromatic carbocycles. The molecule has 1 unspecified atom stereocenters. The standard InChI is InChI=1S/C19H22N4O/c1-14-12-19(22-21-15(2)24)20-17-10-6-7-11-18(17)23(14)13-16-8-4-3-5-9-16/h3-11,14H,12-13H2,1-2H3,(H,20,22)(H,21,24). The Morgan fingerprint density at radius 3 is 2.62 bits per heavy atom. The van der Waals surface area contributed by atoms with Gasteiger partial charge in [0.2, 0.25) is 5.91 Å². The highest BCUT2D eigenvalue weighted by atomic mass is 16.2. The van der Waals surface area contributed by atoms with Gasteiger partial charge in [0, 0.05) is 25.9 Å². The van der Waals surface area contributed by atoms with Crippen LogP contribution >= 0.6 is 0 Å². The molecule has 1 heterocycles. The molecule has 0 fully saturated rings. The first kappa shape index (κ1) is 16.1. The van der Waals surface area contributed by atoms with Crippen molar-refractivity contribution >= 4 is 23.1 Å². The van der Waals surface area contributed by atoms with Crippen molar-refractivity contribution in [3.63, 3.8) is 0 Å². The van der Waals surface area contributed by atoms with Crippen LogP contribution in [0.3, 0.4) is 0 Å². The Kier molecular flexibility index (Phi) is 4.79. The van der Waals surface area contributed by atoms with E-state index in [1.807, 2.05) is 24.3 Å². The van der Waals surface area contributed by atoms with Crippen molar-refractivity contribution in [3.8, 4) is 0 Å². The molecule has 5 nitrogen and oxygen atoms in total. The molecule has 0 spiro atoms. The van der Waals surface area contributed by atoms with Gasteiger partial charge in [-0.05, 0) is 24.6 Å². The molecule has 0 saturated carbocycles. The Hall–Kier alpha value is -2.82. The van der Waals surface area contributed by atoms with Gasteiger partial charge in [-0.3, -0.25) is 15.6 Å². The van der Waals surface area contributed by atoms with Gasteiger partial charge in [-0.1, -0.05) is 42.5 Å². The van der Waals surface area contributed by atoms with Crippen LogP contribution in [0.1, 0.15) is 25.8 Å². The molecule has 0 radical (unpaired) electrons. The quantitative estimate of drug-likeness (QED) is 0.835. The Bertz CT molecular complexity index is 742. The van der Waals surface area contributed by atoms with Gasteiger partial charge in [0.1, 0.15) is 5.84 Å². The molecule has 0 aliphatic carbocycles. The number of hydrogen-bond donors (Lipinski definition) is 2. The lowest BCUT2D eigenvalue weighted by atomic mass is 10.1. The van der Waals surface area contributed by atoms with Crippen molar-refractivity contribution in [2.75, 3.05) is 4.90 Å². The van der Waals surface area contributed by atoms with Gasteiger partial charge >= 0.3 is 0 Å². The number of aliphatic imine (C=N–C) groups is 1. The average molecular weight is 322 g/mol. The van der Waals surface area contributed by atoms with Crippen molar-refractivity contribution in [2.45, 2.75) is 32.9 Å². The minimum atomic E-state index is -0.135. The molecule has 0 aromatic heterocycles. The molecule has 0 bridgehead atoms. The van der Waals surface area contributed by atoms with Crippen LogP contribution in [-0.4, -0.2) is 17.8 Å². The summed E-state index contributed by atoms with van der Waals surface area (Å²) in [7, 11) is 0. The molecule has 1 aliphatic heterocycles. The molecule has 2 N–H and O–H groups in total. The molecule has 1 amide bonds. The molecule has 0 saturated heterocycles. The van der Waals surface area contributed by atoms with Gasteiger partial charge in [0.15, 0.2) is 0 Å². The Morgan fingerprint density at radius 2 is 1.88 bits per heavy atom. The highest BCUT2D eigenvalue weighted by Crippen LogP contribution is 2.34. The summed E-state index contributed by atoms with van der Waals surface area (Å²) in [6, 6.07) is 18.8. The minimum absolute atomic E-state index is 0.135. The topological polar surface area (TPSA) is 56.7 Å². The van der Waals surface area contributed by atoms with Crippen molar-refractivity contribution in [1.29, 1.82) is 0 Å². The maximum Gasteiger partial charge on any atom is 0.235 e. The van der Waals surface area contributed by atoms with E-state index >= 15 is 0 Å². The molecule has 3 rings (SSSR count). The fourth-order valence-corrected chi connectivity index (χ4v) is 2.88. The monoisotopic (exact) mass is 322 g/mol. The third kappa shape index (κ3) is 3.74. The largest absolute Gasteiger partial charge is 0.362 e. The van der Waals surface area contributed by atoms with E-state index < -0.39 is 0 Å². The number of carbonyl (C=O) groups excluding carboxylic acids is 1. The lowest BCUT2D eigenvalue weighted by Gasteiger charge is -2.30. The van der Waals surface area contributed by atoms with Gasteiger partial charge in [-0.25, -0.2) is 4.99 Å². The summed E-state index contributed by atoms with van der Waals surface area (Å²) in [4.78, 5) is 18.2. The molecular weight excluding hydrogens is 300 g/mol. The number of carbonyl (C=O) groups is 1. The van der Waals surface area contributed by atoms with Crippen molar-refractivity contribution in [1.82, 2.24) is 10.9 Å². The normalized spacial score (nSPS) is 16.7. The summed E-state index contributed by atoms with van der Waals surface area (Å²) in [5.41, 5.74) is 8.84. The molecule has 2 aromatic rings. The SMILES string of the molecule is CC(=O)NNC1=Nc2ccccc2N(Cc2ccccc2)C(C)C1. The predicted molar refractivity (Wildman–Crippen MR) is 97.2 cm³/mol. The van der Waals surface area contributed by atoms with Crippen molar-refractivity contribution in [3.05, 3.63) is 60.2 Å². The summed E-state index contributed by atoms with van der Waals surface area (Å²) >= 11 is 0. The number of amides is 1. The average Bonchev–Trinajstić information content (AvgIpc) is 2.71. The minimum Gasteiger partial charge on any atom is -0.362 e. The number of rotatable bonds is 2. The van der Waals surface area contributed by atoms with Crippen LogP contribution < -0.4 is 15.8 Å². The Labute approximate surface area is 142 Å². The van der Waals surface area contributed by atoms with Crippen LogP contribution in [-0.2, 0) is 11.3 Å². The van der Waals surface area contributed by atoms with Crippen LogP contribution in [0, 0.1) is 0 Å². The first-order chi connectivity index (χ1) is 11.6. The number of hydrogen-bond acceptors (Lipinski definition) is 4. The summed E-state index contributed by atoms with van der Waals surface area (Å²) in [5, 5.41) is 0. The van der Waals surface area contributed by atoms with Gasteiger partial charge in [-0.2, -0.15) is 0 Å². The van der Waals surface area contributed by atoms with Crippen LogP contribution in [0.5, 0.6) is 0 Å². The van der Waals surface area contributed by atoms with Gasteiger partial charge in [-0.15, -0.1) is 0 Å². The summed E-state index contributed by atoms with van der Waals surface area (Å²) in [6.45, 7) is 4.47. The lowest BCUT2D eigenvalue weighted by Crippen LogP contribution is -2.43. The first-order valence-electron chi connectivity index (χ1n) is 8.13. The fraction of sp³-hybridized carbons (Fsp3) is 0.263. The number of hydrazine groups is 1. The van der Waals surface area contributed by atoms with E-state index in [0.717, 1.165) is 30.2 Å². The number of benzene rings is 2. The van der Waals surface area contributed by atoms with Gasteiger partial charge in [0.25, 0.3) is 0 Å². The van der Waals surface area contributed by atoms with Gasteiger partial charge in [0.05, 0.1) is 11.4 Å². The predicted octanol–water partition coefficient (Wildman–Crippen LogP) is 3.16.